The quantitative estimate of drug-likeness (QED) is 0.767. The smallest absolute Gasteiger partial charge is 0.248 e. The van der Waals surface area contributed by atoms with Crippen LogP contribution in [-0.2, 0) is 0 Å². The minimum Gasteiger partial charge on any atom is -0.437 e. The summed E-state index contributed by atoms with van der Waals surface area (Å²) in [6.07, 6.45) is 1.51. The second kappa shape index (κ2) is 7.53. The number of para-hydroxylation sites is 1. The molecular formula is C21H23N5O. The van der Waals surface area contributed by atoms with E-state index in [4.69, 9.17) is 10.5 Å². The number of nitrogens with two attached hydrogens (primary N) is 1. The highest BCUT2D eigenvalue weighted by Gasteiger charge is 2.22. The molecule has 0 atom stereocenters. The molecule has 4 rings (SSSR count). The van der Waals surface area contributed by atoms with Crippen LogP contribution in [-0.4, -0.2) is 36.1 Å². The van der Waals surface area contributed by atoms with Crippen molar-refractivity contribution in [2.24, 2.45) is 0 Å². The van der Waals surface area contributed by atoms with Gasteiger partial charge in [0.15, 0.2) is 5.82 Å². The van der Waals surface area contributed by atoms with Gasteiger partial charge in [-0.1, -0.05) is 35.9 Å². The van der Waals surface area contributed by atoms with Gasteiger partial charge in [0.1, 0.15) is 17.8 Å². The topological polar surface area (TPSA) is 67.5 Å². The first-order valence-corrected chi connectivity index (χ1v) is 9.10. The monoisotopic (exact) mass is 361 g/mol. The van der Waals surface area contributed by atoms with E-state index < -0.39 is 0 Å². The van der Waals surface area contributed by atoms with Gasteiger partial charge in [0.25, 0.3) is 0 Å². The summed E-state index contributed by atoms with van der Waals surface area (Å²) in [7, 11) is 0. The van der Waals surface area contributed by atoms with Crippen molar-refractivity contribution >= 4 is 17.2 Å². The molecule has 0 saturated carbocycles. The van der Waals surface area contributed by atoms with Crippen molar-refractivity contribution in [3.05, 3.63) is 66.5 Å². The van der Waals surface area contributed by atoms with Gasteiger partial charge in [0.05, 0.1) is 0 Å². The average Bonchev–Trinajstić information content (AvgIpc) is 2.72. The van der Waals surface area contributed by atoms with Crippen molar-refractivity contribution in [1.82, 2.24) is 9.97 Å². The molecule has 1 aliphatic heterocycles. The minimum absolute atomic E-state index is 0.398. The maximum Gasteiger partial charge on any atom is 0.248 e. The number of nitrogen functional groups attached to an aromatic ring is 1. The second-order valence-corrected chi connectivity index (χ2v) is 6.64. The first-order chi connectivity index (χ1) is 13.2. The maximum absolute atomic E-state index is 6.33. The van der Waals surface area contributed by atoms with Gasteiger partial charge in [-0.25, -0.2) is 4.98 Å². The van der Waals surface area contributed by atoms with E-state index in [1.165, 1.54) is 17.6 Å². The van der Waals surface area contributed by atoms with E-state index in [-0.39, 0.29) is 0 Å². The lowest BCUT2D eigenvalue weighted by molar-refractivity contribution is 0.463. The lowest BCUT2D eigenvalue weighted by Gasteiger charge is -2.37. The number of aromatic nitrogens is 2. The Morgan fingerprint density at radius 1 is 0.852 bits per heavy atom. The van der Waals surface area contributed by atoms with Gasteiger partial charge in [-0.2, -0.15) is 4.98 Å². The lowest BCUT2D eigenvalue weighted by Crippen LogP contribution is -2.47. The van der Waals surface area contributed by atoms with Crippen LogP contribution in [0.3, 0.4) is 0 Å². The van der Waals surface area contributed by atoms with Crippen LogP contribution in [0.2, 0.25) is 0 Å². The molecule has 2 aromatic carbocycles. The summed E-state index contributed by atoms with van der Waals surface area (Å²) in [6, 6.07) is 18.3. The number of aryl methyl sites for hydroxylation is 1. The van der Waals surface area contributed by atoms with Gasteiger partial charge >= 0.3 is 0 Å². The van der Waals surface area contributed by atoms with Crippen molar-refractivity contribution in [2.45, 2.75) is 6.92 Å². The van der Waals surface area contributed by atoms with E-state index in [1.807, 2.05) is 37.3 Å². The Bertz CT molecular complexity index is 890. The highest BCUT2D eigenvalue weighted by molar-refractivity contribution is 5.68. The number of hydrogen-bond acceptors (Lipinski definition) is 6. The molecule has 1 aliphatic rings. The van der Waals surface area contributed by atoms with Crippen molar-refractivity contribution in [1.29, 1.82) is 0 Å². The standard InChI is InChI=1S/C21H23N5O/c1-16-7-9-18(10-8-16)27-21-19(22)20(23-15-24-21)26-13-11-25(12-14-26)17-5-3-2-4-6-17/h2-10,15H,11-14,22H2,1H3. The Hall–Kier alpha value is -3.28. The number of benzene rings is 2. The van der Waals surface area contributed by atoms with Crippen LogP contribution in [0.25, 0.3) is 0 Å². The largest absolute Gasteiger partial charge is 0.437 e. The third-order valence-corrected chi connectivity index (χ3v) is 4.76. The van der Waals surface area contributed by atoms with Crippen molar-refractivity contribution < 1.29 is 4.74 Å². The van der Waals surface area contributed by atoms with E-state index in [1.54, 1.807) is 0 Å². The van der Waals surface area contributed by atoms with Crippen LogP contribution in [0.15, 0.2) is 60.9 Å². The zero-order valence-electron chi connectivity index (χ0n) is 15.4. The fraction of sp³-hybridized carbons (Fsp3) is 0.238. The molecule has 6 heteroatoms. The Labute approximate surface area is 159 Å². The van der Waals surface area contributed by atoms with Gasteiger partial charge < -0.3 is 20.3 Å². The van der Waals surface area contributed by atoms with E-state index in [9.17, 15) is 0 Å². The number of ether oxygens (including phenoxy) is 1. The van der Waals surface area contributed by atoms with Crippen molar-refractivity contribution in [3.63, 3.8) is 0 Å². The molecular weight excluding hydrogens is 338 g/mol. The molecule has 1 aromatic heterocycles. The molecule has 27 heavy (non-hydrogen) atoms. The molecule has 0 amide bonds. The third-order valence-electron chi connectivity index (χ3n) is 4.76. The number of nitrogens with zero attached hydrogens (tertiary/aromatic N) is 4. The van der Waals surface area contributed by atoms with Gasteiger partial charge in [-0.05, 0) is 31.2 Å². The van der Waals surface area contributed by atoms with Crippen LogP contribution < -0.4 is 20.3 Å². The maximum atomic E-state index is 6.33. The van der Waals surface area contributed by atoms with E-state index in [0.29, 0.717) is 17.3 Å². The number of rotatable bonds is 4. The Kier molecular flexibility index (Phi) is 4.78. The minimum atomic E-state index is 0.398. The van der Waals surface area contributed by atoms with Crippen LogP contribution >= 0.6 is 0 Å². The Morgan fingerprint density at radius 2 is 1.52 bits per heavy atom. The molecule has 1 saturated heterocycles. The summed E-state index contributed by atoms with van der Waals surface area (Å²) in [4.78, 5) is 13.2. The summed E-state index contributed by atoms with van der Waals surface area (Å²) < 4.78 is 5.87. The van der Waals surface area contributed by atoms with Gasteiger partial charge in [-0.15, -0.1) is 0 Å². The summed E-state index contributed by atoms with van der Waals surface area (Å²) in [5.74, 6) is 1.85. The number of anilines is 3. The normalized spacial score (nSPS) is 14.3. The molecule has 0 aliphatic carbocycles. The molecule has 0 spiro atoms. The van der Waals surface area contributed by atoms with Crippen LogP contribution in [0, 0.1) is 6.92 Å². The summed E-state index contributed by atoms with van der Waals surface area (Å²) in [5.41, 5.74) is 9.23. The highest BCUT2D eigenvalue weighted by Crippen LogP contribution is 2.32. The molecule has 0 radical (unpaired) electrons. The molecule has 2 N–H and O–H groups in total. The highest BCUT2D eigenvalue weighted by atomic mass is 16.5. The fourth-order valence-electron chi connectivity index (χ4n) is 3.24. The molecule has 3 aromatic rings. The predicted octanol–water partition coefficient (Wildman–Crippen LogP) is 3.49. The lowest BCUT2D eigenvalue weighted by atomic mass is 10.2. The molecule has 2 heterocycles. The zero-order valence-corrected chi connectivity index (χ0v) is 15.4. The average molecular weight is 361 g/mol. The van der Waals surface area contributed by atoms with Crippen molar-refractivity contribution in [3.8, 4) is 11.6 Å². The molecule has 1 fully saturated rings. The summed E-state index contributed by atoms with van der Waals surface area (Å²) in [5, 5.41) is 0. The number of hydrogen-bond donors (Lipinski definition) is 1. The van der Waals surface area contributed by atoms with Crippen LogP contribution in [0.4, 0.5) is 17.2 Å². The fourth-order valence-corrected chi connectivity index (χ4v) is 3.24. The molecule has 0 bridgehead atoms. The molecule has 138 valence electrons. The SMILES string of the molecule is Cc1ccc(Oc2ncnc(N3CCN(c4ccccc4)CC3)c2N)cc1. The second-order valence-electron chi connectivity index (χ2n) is 6.64. The first-order valence-electron chi connectivity index (χ1n) is 9.10. The van der Waals surface area contributed by atoms with E-state index in [2.05, 4.69) is 44.0 Å². The molecule has 6 nitrogen and oxygen atoms in total. The summed E-state index contributed by atoms with van der Waals surface area (Å²) >= 11 is 0. The van der Waals surface area contributed by atoms with Crippen LogP contribution in [0.1, 0.15) is 5.56 Å². The van der Waals surface area contributed by atoms with E-state index >= 15 is 0 Å². The Balaban J connectivity index is 1.47. The van der Waals surface area contributed by atoms with Crippen molar-refractivity contribution in [2.75, 3.05) is 41.7 Å². The van der Waals surface area contributed by atoms with Gasteiger partial charge in [-0.3, -0.25) is 0 Å². The van der Waals surface area contributed by atoms with Gasteiger partial charge in [0, 0.05) is 31.9 Å². The zero-order chi connectivity index (χ0) is 18.6. The number of piperazine rings is 1. The molecule has 0 unspecified atom stereocenters. The summed E-state index contributed by atoms with van der Waals surface area (Å²) in [6.45, 7) is 5.57. The Morgan fingerprint density at radius 3 is 2.22 bits per heavy atom. The van der Waals surface area contributed by atoms with Gasteiger partial charge in [0.2, 0.25) is 5.88 Å². The third kappa shape index (κ3) is 3.79. The predicted molar refractivity (Wildman–Crippen MR) is 109 cm³/mol. The van der Waals surface area contributed by atoms with Crippen LogP contribution in [0.5, 0.6) is 11.6 Å². The first kappa shape index (κ1) is 17.1. The van der Waals surface area contributed by atoms with E-state index in [0.717, 1.165) is 32.0 Å².